The molecule has 1 aromatic heterocycles. The van der Waals surface area contributed by atoms with Crippen LogP contribution in [0.25, 0.3) is 11.1 Å². The number of hydrogen-bond donors (Lipinski definition) is 1. The molecular weight excluding hydrogens is 406 g/mol. The fourth-order valence-corrected chi connectivity index (χ4v) is 4.52. The Kier molecular flexibility index (Phi) is 4.26. The first-order valence-corrected chi connectivity index (χ1v) is 9.19. The summed E-state index contributed by atoms with van der Waals surface area (Å²) < 4.78 is 29.7. The number of rotatable bonds is 2. The normalized spacial score (nSPS) is 18.4. The molecular formula is C20H9ClF2N2O2S. The first kappa shape index (κ1) is 18.3. The molecule has 1 aliphatic rings. The van der Waals surface area contributed by atoms with Gasteiger partial charge in [-0.1, -0.05) is 35.9 Å². The number of alkyl halides is 1. The molecule has 0 fully saturated rings. The summed E-state index contributed by atoms with van der Waals surface area (Å²) in [6, 6.07) is 12.5. The van der Waals surface area contributed by atoms with Crippen molar-refractivity contribution in [2.45, 2.75) is 5.67 Å². The van der Waals surface area contributed by atoms with Gasteiger partial charge in [-0.2, -0.15) is 5.26 Å². The van der Waals surface area contributed by atoms with E-state index in [0.717, 1.165) is 17.4 Å². The summed E-state index contributed by atoms with van der Waals surface area (Å²) in [5.41, 5.74) is -2.86. The van der Waals surface area contributed by atoms with Crippen LogP contribution in [0.4, 0.5) is 13.8 Å². The number of ketones is 1. The van der Waals surface area contributed by atoms with E-state index in [0.29, 0.717) is 5.56 Å². The lowest BCUT2D eigenvalue weighted by Gasteiger charge is -2.28. The Labute approximate surface area is 167 Å². The van der Waals surface area contributed by atoms with Gasteiger partial charge >= 0.3 is 0 Å². The lowest BCUT2D eigenvalue weighted by Crippen LogP contribution is -2.47. The van der Waals surface area contributed by atoms with Crippen LogP contribution in [-0.4, -0.2) is 11.7 Å². The van der Waals surface area contributed by atoms with E-state index in [1.807, 2.05) is 6.07 Å². The lowest BCUT2D eigenvalue weighted by atomic mass is 9.82. The largest absolute Gasteiger partial charge is 0.313 e. The molecule has 138 valence electrons. The zero-order valence-electron chi connectivity index (χ0n) is 13.9. The number of carbonyl (C=O) groups is 2. The third-order valence-electron chi connectivity index (χ3n) is 4.45. The molecule has 3 aromatic rings. The van der Waals surface area contributed by atoms with E-state index < -0.39 is 23.2 Å². The number of anilines is 1. The standard InChI is InChI=1S/C20H9ClF2N2O2S/c21-17-14(11-4-2-6-13(22)8-11)15-16(26)20(23,19(27)25-18(15)28-17)12-5-1-3-10(7-12)9-24/h1-8H,(H,25,27). The first-order chi connectivity index (χ1) is 13.4. The smallest absolute Gasteiger partial charge is 0.276 e. The van der Waals surface area contributed by atoms with Crippen LogP contribution in [-0.2, 0) is 10.5 Å². The average Bonchev–Trinajstić information content (AvgIpc) is 3.01. The number of thiophene rings is 1. The second-order valence-corrected chi connectivity index (χ2v) is 7.72. The van der Waals surface area contributed by atoms with Crippen molar-refractivity contribution in [1.29, 1.82) is 5.26 Å². The van der Waals surface area contributed by atoms with Gasteiger partial charge in [0.15, 0.2) is 0 Å². The number of nitrogens with one attached hydrogen (secondary N) is 1. The topological polar surface area (TPSA) is 70.0 Å². The molecule has 1 unspecified atom stereocenters. The van der Waals surface area contributed by atoms with Crippen LogP contribution in [0.5, 0.6) is 0 Å². The van der Waals surface area contributed by atoms with Gasteiger partial charge in [-0.05, 0) is 29.8 Å². The highest BCUT2D eigenvalue weighted by atomic mass is 35.5. The van der Waals surface area contributed by atoms with Gasteiger partial charge in [-0.25, -0.2) is 8.78 Å². The zero-order chi connectivity index (χ0) is 20.1. The molecule has 28 heavy (non-hydrogen) atoms. The molecule has 2 aromatic carbocycles. The van der Waals surface area contributed by atoms with Crippen LogP contribution >= 0.6 is 22.9 Å². The number of benzene rings is 2. The number of nitrogens with zero attached hydrogens (tertiary/aromatic N) is 1. The maximum Gasteiger partial charge on any atom is 0.276 e. The highest BCUT2D eigenvalue weighted by molar-refractivity contribution is 7.21. The molecule has 1 aliphatic heterocycles. The van der Waals surface area contributed by atoms with Crippen molar-refractivity contribution in [3.63, 3.8) is 0 Å². The monoisotopic (exact) mass is 414 g/mol. The molecule has 0 saturated carbocycles. The van der Waals surface area contributed by atoms with E-state index in [4.69, 9.17) is 16.9 Å². The summed E-state index contributed by atoms with van der Waals surface area (Å²) in [5.74, 6) is -2.82. The van der Waals surface area contributed by atoms with Crippen LogP contribution in [0, 0.1) is 17.1 Å². The van der Waals surface area contributed by atoms with Crippen molar-refractivity contribution < 1.29 is 18.4 Å². The molecule has 1 N–H and O–H groups in total. The van der Waals surface area contributed by atoms with E-state index in [2.05, 4.69) is 5.32 Å². The summed E-state index contributed by atoms with van der Waals surface area (Å²) in [6.45, 7) is 0. The molecule has 1 amide bonds. The fourth-order valence-electron chi connectivity index (χ4n) is 3.14. The van der Waals surface area contributed by atoms with Crippen molar-refractivity contribution in [2.75, 3.05) is 5.32 Å². The van der Waals surface area contributed by atoms with E-state index >= 15 is 4.39 Å². The first-order valence-electron chi connectivity index (χ1n) is 8.00. The second kappa shape index (κ2) is 6.51. The third kappa shape index (κ3) is 2.61. The number of amides is 1. The molecule has 0 radical (unpaired) electrons. The lowest BCUT2D eigenvalue weighted by molar-refractivity contribution is -0.125. The van der Waals surface area contributed by atoms with Crippen molar-refractivity contribution >= 4 is 39.6 Å². The number of fused-ring (bicyclic) bond motifs is 1. The van der Waals surface area contributed by atoms with Crippen LogP contribution in [0.1, 0.15) is 21.5 Å². The Bertz CT molecular complexity index is 1200. The quantitative estimate of drug-likeness (QED) is 0.594. The Hall–Kier alpha value is -3.08. The average molecular weight is 415 g/mol. The summed E-state index contributed by atoms with van der Waals surface area (Å²) in [4.78, 5) is 25.7. The fraction of sp³-hybridized carbons (Fsp3) is 0.0500. The molecule has 0 spiro atoms. The van der Waals surface area contributed by atoms with Crippen LogP contribution in [0.2, 0.25) is 4.34 Å². The van der Waals surface area contributed by atoms with Gasteiger partial charge in [0, 0.05) is 11.1 Å². The van der Waals surface area contributed by atoms with E-state index in [-0.39, 0.29) is 31.6 Å². The van der Waals surface area contributed by atoms with Crippen LogP contribution in [0.3, 0.4) is 0 Å². The summed E-state index contributed by atoms with van der Waals surface area (Å²) in [6.07, 6.45) is 0. The molecule has 0 saturated heterocycles. The molecule has 1 atom stereocenters. The molecule has 0 aliphatic carbocycles. The van der Waals surface area contributed by atoms with Crippen molar-refractivity contribution in [3.8, 4) is 17.2 Å². The van der Waals surface area contributed by atoms with Crippen molar-refractivity contribution in [2.24, 2.45) is 0 Å². The van der Waals surface area contributed by atoms with Gasteiger partial charge in [-0.15, -0.1) is 11.3 Å². The van der Waals surface area contributed by atoms with Crippen molar-refractivity contribution in [3.05, 3.63) is 75.4 Å². The highest BCUT2D eigenvalue weighted by Crippen LogP contribution is 2.49. The van der Waals surface area contributed by atoms with Crippen LogP contribution in [0.15, 0.2) is 48.5 Å². The van der Waals surface area contributed by atoms with Gasteiger partial charge in [-0.3, -0.25) is 9.59 Å². The second-order valence-electron chi connectivity index (χ2n) is 6.10. The molecule has 0 bridgehead atoms. The molecule has 4 nitrogen and oxygen atoms in total. The van der Waals surface area contributed by atoms with E-state index in [1.54, 1.807) is 0 Å². The number of carbonyl (C=O) groups excluding carboxylic acids is 2. The summed E-state index contributed by atoms with van der Waals surface area (Å²) >= 11 is 7.15. The van der Waals surface area contributed by atoms with Gasteiger partial charge < -0.3 is 5.32 Å². The molecule has 8 heteroatoms. The number of Topliss-reactive ketones (excluding diaryl/α,β-unsaturated/α-hetero) is 1. The van der Waals surface area contributed by atoms with Gasteiger partial charge in [0.25, 0.3) is 11.6 Å². The number of nitriles is 1. The van der Waals surface area contributed by atoms with Crippen LogP contribution < -0.4 is 5.32 Å². The molecule has 4 rings (SSSR count). The Morgan fingerprint density at radius 3 is 2.57 bits per heavy atom. The van der Waals surface area contributed by atoms with E-state index in [1.165, 1.54) is 42.5 Å². The van der Waals surface area contributed by atoms with Gasteiger partial charge in [0.05, 0.1) is 17.2 Å². The van der Waals surface area contributed by atoms with Crippen molar-refractivity contribution in [1.82, 2.24) is 0 Å². The third-order valence-corrected chi connectivity index (χ3v) is 5.76. The van der Waals surface area contributed by atoms with Gasteiger partial charge in [0.1, 0.15) is 15.2 Å². The predicted molar refractivity (Wildman–Crippen MR) is 102 cm³/mol. The minimum atomic E-state index is -3.04. The minimum Gasteiger partial charge on any atom is -0.313 e. The Morgan fingerprint density at radius 1 is 1.11 bits per heavy atom. The Balaban J connectivity index is 1.94. The minimum absolute atomic E-state index is 0.101. The SMILES string of the molecule is N#Cc1cccc(C2(F)C(=O)Nc3sc(Cl)c(-c4cccc(F)c4)c3C2=O)c1. The zero-order valence-corrected chi connectivity index (χ0v) is 15.5. The van der Waals surface area contributed by atoms with Gasteiger partial charge in [0.2, 0.25) is 5.78 Å². The predicted octanol–water partition coefficient (Wildman–Crippen LogP) is 5.08. The number of hydrogen-bond acceptors (Lipinski definition) is 4. The summed E-state index contributed by atoms with van der Waals surface area (Å²) in [5, 5.41) is 11.5. The maximum absolute atomic E-state index is 15.9. The Morgan fingerprint density at radius 2 is 1.86 bits per heavy atom. The molecule has 2 heterocycles. The number of halogens is 3. The van der Waals surface area contributed by atoms with E-state index in [9.17, 15) is 14.0 Å². The maximum atomic E-state index is 15.9. The summed E-state index contributed by atoms with van der Waals surface area (Å²) in [7, 11) is 0. The highest BCUT2D eigenvalue weighted by Gasteiger charge is 2.54.